The molecule has 1 rings (SSSR count). The molecule has 1 heterocycles. The molecule has 0 aromatic heterocycles. The van der Waals surface area contributed by atoms with Crippen molar-refractivity contribution in [1.82, 2.24) is 15.2 Å². The van der Waals surface area contributed by atoms with Crippen molar-refractivity contribution in [1.29, 1.82) is 0 Å². The highest BCUT2D eigenvalue weighted by molar-refractivity contribution is 5.79. The topological polar surface area (TPSA) is 56.9 Å². The van der Waals surface area contributed by atoms with E-state index in [0.29, 0.717) is 6.04 Å². The number of guanidine groups is 1. The second-order valence-corrected chi connectivity index (χ2v) is 4.63. The molecule has 1 atom stereocenters. The lowest BCUT2D eigenvalue weighted by atomic mass is 10.2. The Morgan fingerprint density at radius 3 is 2.41 bits per heavy atom. The second kappa shape index (κ2) is 7.50. The normalized spacial score (nSPS) is 20.5. The number of nitrogens with one attached hydrogen (secondary N) is 1. The summed E-state index contributed by atoms with van der Waals surface area (Å²) < 4.78 is 0. The molecule has 0 aromatic carbocycles. The summed E-state index contributed by atoms with van der Waals surface area (Å²) in [5.41, 5.74) is 2.72. The van der Waals surface area contributed by atoms with Crippen LogP contribution in [-0.4, -0.2) is 54.5 Å². The van der Waals surface area contributed by atoms with Crippen LogP contribution in [0.2, 0.25) is 0 Å². The molecule has 5 nitrogen and oxygen atoms in total. The van der Waals surface area contributed by atoms with E-state index >= 15 is 0 Å². The van der Waals surface area contributed by atoms with Crippen LogP contribution in [0.5, 0.6) is 0 Å². The largest absolute Gasteiger partial charge is 0.339 e. The number of hydrogen-bond donors (Lipinski definition) is 2. The van der Waals surface area contributed by atoms with Gasteiger partial charge in [-0.05, 0) is 19.8 Å². The fourth-order valence-electron chi connectivity index (χ4n) is 2.09. The minimum atomic E-state index is 0.680. The molecule has 1 fully saturated rings. The van der Waals surface area contributed by atoms with E-state index in [1.807, 2.05) is 0 Å². The molecule has 0 aromatic rings. The van der Waals surface area contributed by atoms with E-state index in [4.69, 9.17) is 5.84 Å². The molecule has 1 unspecified atom stereocenters. The quantitative estimate of drug-likeness (QED) is 0.328. The number of nitrogens with two attached hydrogens (primary N) is 1. The van der Waals surface area contributed by atoms with Gasteiger partial charge in [0.15, 0.2) is 0 Å². The fourth-order valence-corrected chi connectivity index (χ4v) is 2.09. The van der Waals surface area contributed by atoms with Crippen LogP contribution < -0.4 is 11.3 Å². The van der Waals surface area contributed by atoms with E-state index in [9.17, 15) is 0 Å². The van der Waals surface area contributed by atoms with Crippen molar-refractivity contribution in [3.05, 3.63) is 0 Å². The van der Waals surface area contributed by atoms with Crippen molar-refractivity contribution in [3.63, 3.8) is 0 Å². The average molecular weight is 241 g/mol. The molecule has 0 amide bonds. The summed E-state index contributed by atoms with van der Waals surface area (Å²) in [5.74, 6) is 6.37. The van der Waals surface area contributed by atoms with Crippen LogP contribution in [0.15, 0.2) is 4.99 Å². The smallest absolute Gasteiger partial charge is 0.208 e. The van der Waals surface area contributed by atoms with Gasteiger partial charge in [0.2, 0.25) is 5.96 Å². The summed E-state index contributed by atoms with van der Waals surface area (Å²) in [7, 11) is 0. The summed E-state index contributed by atoms with van der Waals surface area (Å²) >= 11 is 0. The molecule has 1 aliphatic rings. The number of hydrogen-bond acceptors (Lipinski definition) is 3. The Morgan fingerprint density at radius 1 is 1.29 bits per heavy atom. The maximum Gasteiger partial charge on any atom is 0.208 e. The van der Waals surface area contributed by atoms with Crippen LogP contribution in [0.3, 0.4) is 0 Å². The molecule has 17 heavy (non-hydrogen) atoms. The van der Waals surface area contributed by atoms with Gasteiger partial charge in [-0.3, -0.25) is 15.3 Å². The maximum absolute atomic E-state index is 5.53. The molecule has 1 saturated heterocycles. The predicted octanol–water partition coefficient (Wildman–Crippen LogP) is 0.632. The van der Waals surface area contributed by atoms with E-state index < -0.39 is 0 Å². The van der Waals surface area contributed by atoms with Crippen LogP contribution in [0, 0.1) is 0 Å². The van der Waals surface area contributed by atoms with Crippen molar-refractivity contribution in [2.45, 2.75) is 39.7 Å². The summed E-state index contributed by atoms with van der Waals surface area (Å²) in [5, 5.41) is 0. The van der Waals surface area contributed by atoms with Crippen LogP contribution in [0.25, 0.3) is 0 Å². The Kier molecular flexibility index (Phi) is 6.29. The Balaban J connectivity index is 2.44. The van der Waals surface area contributed by atoms with Gasteiger partial charge < -0.3 is 4.90 Å². The highest BCUT2D eigenvalue weighted by Gasteiger charge is 2.21. The van der Waals surface area contributed by atoms with Gasteiger partial charge in [0.1, 0.15) is 0 Å². The lowest BCUT2D eigenvalue weighted by Gasteiger charge is -2.38. The standard InChI is InChI=1S/C12H27N5/c1-4-6-14-12(15-13)17-9-7-16(8-10-17)11(3)5-2/h11H,4-10,13H2,1-3H3,(H,14,15). The van der Waals surface area contributed by atoms with Gasteiger partial charge in [-0.25, -0.2) is 5.84 Å². The van der Waals surface area contributed by atoms with Crippen LogP contribution in [0.4, 0.5) is 0 Å². The third-order valence-corrected chi connectivity index (χ3v) is 3.44. The van der Waals surface area contributed by atoms with Gasteiger partial charge in [-0.2, -0.15) is 0 Å². The van der Waals surface area contributed by atoms with E-state index in [1.54, 1.807) is 0 Å². The minimum Gasteiger partial charge on any atom is -0.339 e. The van der Waals surface area contributed by atoms with Gasteiger partial charge in [0, 0.05) is 38.8 Å². The molecule has 1 aliphatic heterocycles. The lowest BCUT2D eigenvalue weighted by Crippen LogP contribution is -2.55. The minimum absolute atomic E-state index is 0.680. The Hall–Kier alpha value is -0.810. The highest BCUT2D eigenvalue weighted by Crippen LogP contribution is 2.08. The predicted molar refractivity (Wildman–Crippen MR) is 72.8 cm³/mol. The number of rotatable bonds is 4. The molecule has 3 N–H and O–H groups in total. The Morgan fingerprint density at radius 2 is 1.94 bits per heavy atom. The highest BCUT2D eigenvalue weighted by atomic mass is 15.4. The lowest BCUT2D eigenvalue weighted by molar-refractivity contribution is 0.135. The third-order valence-electron chi connectivity index (χ3n) is 3.44. The molecule has 0 spiro atoms. The Labute approximate surface area is 105 Å². The molecule has 0 radical (unpaired) electrons. The van der Waals surface area contributed by atoms with Crippen LogP contribution in [0.1, 0.15) is 33.6 Å². The zero-order chi connectivity index (χ0) is 12.7. The summed E-state index contributed by atoms with van der Waals surface area (Å²) in [4.78, 5) is 9.24. The zero-order valence-electron chi connectivity index (χ0n) is 11.4. The van der Waals surface area contributed by atoms with Crippen molar-refractivity contribution in [2.24, 2.45) is 10.8 Å². The number of nitrogens with zero attached hydrogens (tertiary/aromatic N) is 3. The molecule has 5 heteroatoms. The maximum atomic E-state index is 5.53. The molecule has 0 bridgehead atoms. The summed E-state index contributed by atoms with van der Waals surface area (Å²) in [6, 6.07) is 0.680. The van der Waals surface area contributed by atoms with E-state index in [-0.39, 0.29) is 0 Å². The first kappa shape index (κ1) is 14.3. The first-order chi connectivity index (χ1) is 8.22. The average Bonchev–Trinajstić information content (AvgIpc) is 2.39. The zero-order valence-corrected chi connectivity index (χ0v) is 11.4. The van der Waals surface area contributed by atoms with Crippen LogP contribution >= 0.6 is 0 Å². The Bertz CT molecular complexity index is 233. The fraction of sp³-hybridized carbons (Fsp3) is 0.917. The monoisotopic (exact) mass is 241 g/mol. The number of piperazine rings is 1. The first-order valence-electron chi connectivity index (χ1n) is 6.73. The summed E-state index contributed by atoms with van der Waals surface area (Å²) in [6.07, 6.45) is 2.27. The summed E-state index contributed by atoms with van der Waals surface area (Å²) in [6.45, 7) is 11.7. The second-order valence-electron chi connectivity index (χ2n) is 4.63. The van der Waals surface area contributed by atoms with Gasteiger partial charge in [0.05, 0.1) is 0 Å². The van der Waals surface area contributed by atoms with Crippen molar-refractivity contribution >= 4 is 5.96 Å². The van der Waals surface area contributed by atoms with E-state index in [2.05, 4.69) is 41.0 Å². The third kappa shape index (κ3) is 4.16. The van der Waals surface area contributed by atoms with Gasteiger partial charge in [-0.1, -0.05) is 13.8 Å². The van der Waals surface area contributed by atoms with Crippen molar-refractivity contribution in [3.8, 4) is 0 Å². The SMILES string of the molecule is CCCN=C(NN)N1CCN(C(C)CC)CC1. The molecular formula is C12H27N5. The van der Waals surface area contributed by atoms with Crippen molar-refractivity contribution in [2.75, 3.05) is 32.7 Å². The molecule has 0 saturated carbocycles. The molecule has 0 aliphatic carbocycles. The molecule has 100 valence electrons. The van der Waals surface area contributed by atoms with E-state index in [0.717, 1.165) is 45.1 Å². The van der Waals surface area contributed by atoms with Gasteiger partial charge in [0.25, 0.3) is 0 Å². The number of hydrazine groups is 1. The van der Waals surface area contributed by atoms with Crippen LogP contribution in [-0.2, 0) is 0 Å². The number of aliphatic imine (C=N–C) groups is 1. The van der Waals surface area contributed by atoms with E-state index in [1.165, 1.54) is 6.42 Å². The van der Waals surface area contributed by atoms with Gasteiger partial charge >= 0.3 is 0 Å². The van der Waals surface area contributed by atoms with Crippen molar-refractivity contribution < 1.29 is 0 Å². The van der Waals surface area contributed by atoms with Gasteiger partial charge in [-0.15, -0.1) is 0 Å². The first-order valence-corrected chi connectivity index (χ1v) is 6.73. The molecular weight excluding hydrogens is 214 g/mol.